The SMILES string of the molecule is CC(=O)SC(CC(=O)OC(=O)[C@@H]1CCCN1)C(=O)c1ccnc(C)n1. The van der Waals surface area contributed by atoms with Crippen LogP contribution in [0.25, 0.3) is 0 Å². The number of Topliss-reactive ketones (excluding diaryl/α,β-unsaturated/α-hetero) is 1. The number of thioether (sulfide) groups is 1. The molecule has 8 nitrogen and oxygen atoms in total. The Morgan fingerprint density at radius 2 is 2.16 bits per heavy atom. The summed E-state index contributed by atoms with van der Waals surface area (Å²) in [4.78, 5) is 55.8. The number of ether oxygens (including phenoxy) is 1. The maximum absolute atomic E-state index is 12.5. The molecule has 0 bridgehead atoms. The minimum absolute atomic E-state index is 0.114. The number of carbonyl (C=O) groups excluding carboxylic acids is 4. The highest BCUT2D eigenvalue weighted by atomic mass is 32.2. The zero-order valence-electron chi connectivity index (χ0n) is 14.0. The second-order valence-electron chi connectivity index (χ2n) is 5.60. The van der Waals surface area contributed by atoms with Gasteiger partial charge in [0.25, 0.3) is 0 Å². The van der Waals surface area contributed by atoms with E-state index in [0.717, 1.165) is 18.2 Å². The van der Waals surface area contributed by atoms with Gasteiger partial charge in [0, 0.05) is 13.1 Å². The molecular formula is C16H19N3O5S. The van der Waals surface area contributed by atoms with E-state index in [1.165, 1.54) is 19.2 Å². The summed E-state index contributed by atoms with van der Waals surface area (Å²) in [5.74, 6) is -1.56. The summed E-state index contributed by atoms with van der Waals surface area (Å²) < 4.78 is 4.81. The number of nitrogens with zero attached hydrogens (tertiary/aromatic N) is 2. The predicted molar refractivity (Wildman–Crippen MR) is 89.9 cm³/mol. The van der Waals surface area contributed by atoms with Gasteiger partial charge < -0.3 is 10.1 Å². The van der Waals surface area contributed by atoms with Crippen molar-refractivity contribution in [2.24, 2.45) is 0 Å². The number of hydrogen-bond acceptors (Lipinski definition) is 9. The van der Waals surface area contributed by atoms with Crippen LogP contribution in [0.15, 0.2) is 12.3 Å². The Labute approximate surface area is 149 Å². The normalized spacial score (nSPS) is 17.8. The molecule has 134 valence electrons. The Morgan fingerprint density at radius 1 is 1.40 bits per heavy atom. The van der Waals surface area contributed by atoms with Gasteiger partial charge >= 0.3 is 11.9 Å². The van der Waals surface area contributed by atoms with Crippen LogP contribution >= 0.6 is 11.8 Å². The molecule has 0 saturated carbocycles. The molecule has 2 heterocycles. The molecule has 0 radical (unpaired) electrons. The first-order chi connectivity index (χ1) is 11.9. The van der Waals surface area contributed by atoms with Gasteiger partial charge in [-0.05, 0) is 32.4 Å². The summed E-state index contributed by atoms with van der Waals surface area (Å²) in [6.45, 7) is 3.63. The maximum atomic E-state index is 12.5. The zero-order chi connectivity index (χ0) is 18.4. The number of carbonyl (C=O) groups is 4. The minimum atomic E-state index is -0.997. The summed E-state index contributed by atoms with van der Waals surface area (Å²) in [6.07, 6.45) is 2.49. The van der Waals surface area contributed by atoms with Crippen molar-refractivity contribution >= 4 is 34.6 Å². The van der Waals surface area contributed by atoms with E-state index in [0.29, 0.717) is 18.8 Å². The molecule has 0 amide bonds. The largest absolute Gasteiger partial charge is 0.392 e. The molecule has 9 heteroatoms. The summed E-state index contributed by atoms with van der Waals surface area (Å²) in [5.41, 5.74) is 0.114. The van der Waals surface area contributed by atoms with Crippen LogP contribution in [0, 0.1) is 6.92 Å². The average molecular weight is 365 g/mol. The number of aryl methyl sites for hydroxylation is 1. The Hall–Kier alpha value is -2.13. The lowest BCUT2D eigenvalue weighted by atomic mass is 10.1. The lowest BCUT2D eigenvalue weighted by molar-refractivity contribution is -0.160. The van der Waals surface area contributed by atoms with Crippen LogP contribution in [0.1, 0.15) is 42.5 Å². The first kappa shape index (κ1) is 19.2. The predicted octanol–water partition coefficient (Wildman–Crippen LogP) is 0.828. The molecule has 1 aromatic rings. The Bertz CT molecular complexity index is 688. The summed E-state index contributed by atoms with van der Waals surface area (Å²) in [5, 5.41) is 1.62. The van der Waals surface area contributed by atoms with E-state index < -0.39 is 29.0 Å². The molecule has 25 heavy (non-hydrogen) atoms. The van der Waals surface area contributed by atoms with Gasteiger partial charge in [-0.15, -0.1) is 0 Å². The van der Waals surface area contributed by atoms with Crippen molar-refractivity contribution in [2.45, 2.75) is 44.4 Å². The monoisotopic (exact) mass is 365 g/mol. The van der Waals surface area contributed by atoms with Crippen LogP contribution in [0.3, 0.4) is 0 Å². The van der Waals surface area contributed by atoms with Crippen molar-refractivity contribution in [2.75, 3.05) is 6.54 Å². The van der Waals surface area contributed by atoms with Gasteiger partial charge in [-0.25, -0.2) is 14.8 Å². The molecule has 1 unspecified atom stereocenters. The van der Waals surface area contributed by atoms with Crippen molar-refractivity contribution in [3.8, 4) is 0 Å². The van der Waals surface area contributed by atoms with E-state index in [4.69, 9.17) is 4.74 Å². The molecule has 0 spiro atoms. The number of aromatic nitrogens is 2. The lowest BCUT2D eigenvalue weighted by Crippen LogP contribution is -2.35. The molecule has 1 saturated heterocycles. The zero-order valence-corrected chi connectivity index (χ0v) is 14.8. The highest BCUT2D eigenvalue weighted by Crippen LogP contribution is 2.21. The van der Waals surface area contributed by atoms with Crippen molar-refractivity contribution < 1.29 is 23.9 Å². The van der Waals surface area contributed by atoms with Crippen LogP contribution in [0.4, 0.5) is 0 Å². The van der Waals surface area contributed by atoms with E-state index in [-0.39, 0.29) is 17.2 Å². The fourth-order valence-corrected chi connectivity index (χ4v) is 3.26. The van der Waals surface area contributed by atoms with E-state index in [1.807, 2.05) is 0 Å². The molecule has 2 atom stereocenters. The van der Waals surface area contributed by atoms with Crippen molar-refractivity contribution in [1.29, 1.82) is 0 Å². The average Bonchev–Trinajstić information content (AvgIpc) is 3.07. The molecule has 2 rings (SSSR count). The van der Waals surface area contributed by atoms with E-state index >= 15 is 0 Å². The quantitative estimate of drug-likeness (QED) is 0.444. The van der Waals surface area contributed by atoms with Gasteiger partial charge in [-0.2, -0.15) is 0 Å². The highest BCUT2D eigenvalue weighted by molar-refractivity contribution is 8.14. The second-order valence-corrected chi connectivity index (χ2v) is 6.98. The number of esters is 2. The third-order valence-electron chi connectivity index (χ3n) is 3.54. The van der Waals surface area contributed by atoms with Crippen LogP contribution < -0.4 is 5.32 Å². The van der Waals surface area contributed by atoms with Gasteiger partial charge in [0.1, 0.15) is 17.6 Å². The van der Waals surface area contributed by atoms with Crippen LogP contribution in [-0.4, -0.2) is 50.6 Å². The number of ketones is 1. The summed E-state index contributed by atoms with van der Waals surface area (Å²) >= 11 is 0.719. The fourth-order valence-electron chi connectivity index (χ4n) is 2.41. The smallest absolute Gasteiger partial charge is 0.330 e. The number of rotatable bonds is 6. The van der Waals surface area contributed by atoms with E-state index in [1.54, 1.807) is 6.92 Å². The Kier molecular flexibility index (Phi) is 6.77. The Balaban J connectivity index is 2.03. The van der Waals surface area contributed by atoms with Gasteiger partial charge in [0.05, 0.1) is 11.7 Å². The first-order valence-electron chi connectivity index (χ1n) is 7.86. The minimum Gasteiger partial charge on any atom is -0.392 e. The van der Waals surface area contributed by atoms with Gasteiger partial charge in [-0.3, -0.25) is 14.4 Å². The maximum Gasteiger partial charge on any atom is 0.330 e. The van der Waals surface area contributed by atoms with Crippen LogP contribution in [-0.2, 0) is 19.1 Å². The molecule has 1 aliphatic rings. The third-order valence-corrected chi connectivity index (χ3v) is 4.54. The lowest BCUT2D eigenvalue weighted by Gasteiger charge is -2.14. The van der Waals surface area contributed by atoms with Gasteiger partial charge in [0.15, 0.2) is 10.9 Å². The standard InChI is InChI=1S/C16H19N3O5S/c1-9-17-7-5-11(19-9)15(22)13(25-10(2)20)8-14(21)24-16(23)12-4-3-6-18-12/h5,7,12-13,18H,3-4,6,8H2,1-2H3/t12-,13?/m0/s1. The van der Waals surface area contributed by atoms with Crippen LogP contribution in [0.5, 0.6) is 0 Å². The van der Waals surface area contributed by atoms with Crippen LogP contribution in [0.2, 0.25) is 0 Å². The molecule has 1 fully saturated rings. The van der Waals surface area contributed by atoms with Crippen molar-refractivity contribution in [3.05, 3.63) is 23.8 Å². The molecular weight excluding hydrogens is 346 g/mol. The summed E-state index contributed by atoms with van der Waals surface area (Å²) in [6, 6.07) is 0.921. The van der Waals surface area contributed by atoms with Crippen molar-refractivity contribution in [1.82, 2.24) is 15.3 Å². The molecule has 1 N–H and O–H groups in total. The topological polar surface area (TPSA) is 115 Å². The molecule has 0 aromatic carbocycles. The molecule has 1 aromatic heterocycles. The first-order valence-corrected chi connectivity index (χ1v) is 8.73. The number of nitrogens with one attached hydrogen (secondary N) is 1. The molecule has 1 aliphatic heterocycles. The van der Waals surface area contributed by atoms with E-state index in [2.05, 4.69) is 15.3 Å². The number of hydrogen-bond donors (Lipinski definition) is 1. The van der Waals surface area contributed by atoms with E-state index in [9.17, 15) is 19.2 Å². The highest BCUT2D eigenvalue weighted by Gasteiger charge is 2.30. The van der Waals surface area contributed by atoms with Gasteiger partial charge in [-0.1, -0.05) is 11.8 Å². The molecule has 0 aliphatic carbocycles. The van der Waals surface area contributed by atoms with Gasteiger partial charge in [0.2, 0.25) is 0 Å². The third kappa shape index (κ3) is 5.71. The van der Waals surface area contributed by atoms with Crippen molar-refractivity contribution in [3.63, 3.8) is 0 Å². The Morgan fingerprint density at radius 3 is 2.76 bits per heavy atom. The fraction of sp³-hybridized carbons (Fsp3) is 0.500. The second kappa shape index (κ2) is 8.82. The summed E-state index contributed by atoms with van der Waals surface area (Å²) in [7, 11) is 0.